The molecule has 1 aromatic rings. The number of aldehydes is 2. The van der Waals surface area contributed by atoms with Gasteiger partial charge in [0.2, 0.25) is 0 Å². The van der Waals surface area contributed by atoms with Crippen LogP contribution in [0.25, 0.3) is 0 Å². The molecule has 2 aliphatic rings. The lowest BCUT2D eigenvalue weighted by Crippen LogP contribution is -2.50. The second kappa shape index (κ2) is 9.41. The fourth-order valence-electron chi connectivity index (χ4n) is 6.94. The van der Waals surface area contributed by atoms with Crippen molar-refractivity contribution in [2.75, 3.05) is 0 Å². The molecule has 1 aromatic carbocycles. The molecule has 4 N–H and O–H groups in total. The van der Waals surface area contributed by atoms with Crippen molar-refractivity contribution >= 4 is 18.4 Å². The molecule has 0 amide bonds. The lowest BCUT2D eigenvalue weighted by atomic mass is 9.52. The third-order valence-electron chi connectivity index (χ3n) is 8.78. The first-order valence-electron chi connectivity index (χ1n) is 12.4. The molecule has 1 fully saturated rings. The Morgan fingerprint density at radius 2 is 1.60 bits per heavy atom. The predicted octanol–water partition coefficient (Wildman–Crippen LogP) is 4.90. The van der Waals surface area contributed by atoms with Crippen LogP contribution in [0.15, 0.2) is 11.6 Å². The molecule has 0 aliphatic heterocycles. The number of allylic oxidation sites excluding steroid dienone is 1. The van der Waals surface area contributed by atoms with Gasteiger partial charge in [-0.05, 0) is 61.7 Å². The van der Waals surface area contributed by atoms with Gasteiger partial charge in [-0.25, -0.2) is 0 Å². The van der Waals surface area contributed by atoms with Gasteiger partial charge in [-0.15, -0.1) is 0 Å². The molecule has 7 nitrogen and oxygen atoms in total. The summed E-state index contributed by atoms with van der Waals surface area (Å²) in [5, 5.41) is 43.8. The number of aliphatic hydroxyl groups excluding tert-OH is 1. The Morgan fingerprint density at radius 1 is 1.06 bits per heavy atom. The van der Waals surface area contributed by atoms with E-state index in [-0.39, 0.29) is 48.1 Å². The third-order valence-corrected chi connectivity index (χ3v) is 8.78. The Morgan fingerprint density at radius 3 is 2.03 bits per heavy atom. The summed E-state index contributed by atoms with van der Waals surface area (Å²) in [5.74, 6) is -2.66. The summed E-state index contributed by atoms with van der Waals surface area (Å²) < 4.78 is 0. The molecule has 0 heterocycles. The molecule has 7 heteroatoms. The van der Waals surface area contributed by atoms with Gasteiger partial charge in [0.25, 0.3) is 0 Å². The van der Waals surface area contributed by atoms with Crippen molar-refractivity contribution in [1.29, 1.82) is 0 Å². The molecule has 0 spiro atoms. The fraction of sp³-hybridized carbons (Fsp3) is 0.607. The molecule has 35 heavy (non-hydrogen) atoms. The second-order valence-electron chi connectivity index (χ2n) is 11.3. The first-order chi connectivity index (χ1) is 16.3. The van der Waals surface area contributed by atoms with E-state index in [0.29, 0.717) is 12.8 Å². The van der Waals surface area contributed by atoms with E-state index in [1.165, 1.54) is 6.92 Å². The molecule has 3 rings (SSSR count). The zero-order chi connectivity index (χ0) is 26.5. The maximum Gasteiger partial charge on any atom is 0.157 e. The number of Topliss-reactive ketones (excluding diaryl/α,β-unsaturated/α-hetero) is 1. The van der Waals surface area contributed by atoms with Crippen LogP contribution in [0, 0.1) is 28.6 Å². The number of carbonyl (C=O) groups is 3. The van der Waals surface area contributed by atoms with E-state index in [0.717, 1.165) is 12.0 Å². The van der Waals surface area contributed by atoms with Crippen LogP contribution in [0.2, 0.25) is 0 Å². The van der Waals surface area contributed by atoms with Gasteiger partial charge in [0, 0.05) is 5.56 Å². The number of phenols is 3. The van der Waals surface area contributed by atoms with Crippen LogP contribution in [0.4, 0.5) is 0 Å². The van der Waals surface area contributed by atoms with Crippen LogP contribution in [0.5, 0.6) is 17.2 Å². The summed E-state index contributed by atoms with van der Waals surface area (Å²) in [4.78, 5) is 36.7. The smallest absolute Gasteiger partial charge is 0.157 e. The predicted molar refractivity (Wildman–Crippen MR) is 132 cm³/mol. The lowest BCUT2D eigenvalue weighted by molar-refractivity contribution is -0.136. The van der Waals surface area contributed by atoms with Gasteiger partial charge in [0.05, 0.1) is 22.6 Å². The van der Waals surface area contributed by atoms with Gasteiger partial charge < -0.3 is 20.4 Å². The molecule has 0 bridgehead atoms. The average molecular weight is 487 g/mol. The van der Waals surface area contributed by atoms with Crippen molar-refractivity contribution in [1.82, 2.24) is 0 Å². The summed E-state index contributed by atoms with van der Waals surface area (Å²) >= 11 is 0. The van der Waals surface area contributed by atoms with Gasteiger partial charge in [0.15, 0.2) is 12.6 Å². The van der Waals surface area contributed by atoms with Crippen LogP contribution in [0.3, 0.4) is 0 Å². The first-order valence-corrected chi connectivity index (χ1v) is 12.4. The summed E-state index contributed by atoms with van der Waals surface area (Å²) in [5.41, 5.74) is -1.60. The Labute approximate surface area is 206 Å². The number of hydrogen-bond donors (Lipinski definition) is 4. The van der Waals surface area contributed by atoms with Crippen molar-refractivity contribution in [3.63, 3.8) is 0 Å². The molecule has 0 unspecified atom stereocenters. The molecule has 192 valence electrons. The van der Waals surface area contributed by atoms with Gasteiger partial charge in [-0.3, -0.25) is 14.4 Å². The number of aliphatic hydroxyl groups is 1. The van der Waals surface area contributed by atoms with E-state index in [1.807, 2.05) is 26.8 Å². The molecule has 0 radical (unpaired) electrons. The van der Waals surface area contributed by atoms with Gasteiger partial charge in [-0.2, -0.15) is 0 Å². The number of carbonyl (C=O) groups excluding carboxylic acids is 3. The third kappa shape index (κ3) is 3.88. The SMILES string of the molecule is CC(=O)[C@@]12C=C(C(C)C)CC[C@@]1(C)[C@H]([C@@H](CC(C)C)c1c(O)c(C=O)c(O)c(C=O)c1O)C[C@H]2O. The zero-order valence-electron chi connectivity index (χ0n) is 21.5. The van der Waals surface area contributed by atoms with Crippen LogP contribution < -0.4 is 0 Å². The monoisotopic (exact) mass is 486 g/mol. The van der Waals surface area contributed by atoms with Gasteiger partial charge in [-0.1, -0.05) is 46.3 Å². The van der Waals surface area contributed by atoms with E-state index in [9.17, 15) is 34.8 Å². The van der Waals surface area contributed by atoms with Crippen LogP contribution >= 0.6 is 0 Å². The Bertz CT molecular complexity index is 1030. The number of phenolic OH excluding ortho intramolecular Hbond substituents is 3. The highest BCUT2D eigenvalue weighted by Crippen LogP contribution is 2.67. The first kappa shape index (κ1) is 26.9. The molecule has 2 aliphatic carbocycles. The highest BCUT2D eigenvalue weighted by molar-refractivity contribution is 5.95. The molecule has 0 saturated heterocycles. The highest BCUT2D eigenvalue weighted by Gasteiger charge is 2.66. The van der Waals surface area contributed by atoms with Crippen molar-refractivity contribution in [2.24, 2.45) is 28.6 Å². The van der Waals surface area contributed by atoms with Gasteiger partial charge >= 0.3 is 0 Å². The van der Waals surface area contributed by atoms with Crippen molar-refractivity contribution < 1.29 is 34.8 Å². The zero-order valence-corrected chi connectivity index (χ0v) is 21.5. The minimum Gasteiger partial charge on any atom is -0.507 e. The molecule has 0 aromatic heterocycles. The van der Waals surface area contributed by atoms with Crippen LogP contribution in [0.1, 0.15) is 99.4 Å². The number of fused-ring (bicyclic) bond motifs is 1. The van der Waals surface area contributed by atoms with E-state index in [1.54, 1.807) is 0 Å². The number of benzene rings is 1. The Balaban J connectivity index is 2.32. The number of hydrogen-bond acceptors (Lipinski definition) is 7. The number of ketones is 1. The standard InChI is InChI=1S/C28H38O7/c1-14(2)9-18(23-25(34)19(12-29)24(33)20(13-30)26(23)35)21-10-22(32)28(16(5)31)11-17(15(3)4)7-8-27(21,28)6/h11-15,18,21-22,32-35H,7-10H2,1-6H3/t18-,21+,22-,27+,28-/m1/s1. The molecule has 1 saturated carbocycles. The minimum atomic E-state index is -1.12. The molecular formula is C28H38O7. The quantitative estimate of drug-likeness (QED) is 0.304. The molecular weight excluding hydrogens is 448 g/mol. The maximum absolute atomic E-state index is 13.3. The maximum atomic E-state index is 13.3. The van der Waals surface area contributed by atoms with Crippen LogP contribution in [-0.2, 0) is 4.79 Å². The van der Waals surface area contributed by atoms with E-state index in [2.05, 4.69) is 13.8 Å². The Kier molecular flexibility index (Phi) is 7.24. The summed E-state index contributed by atoms with van der Waals surface area (Å²) in [7, 11) is 0. The Hall–Kier alpha value is -2.67. The van der Waals surface area contributed by atoms with Crippen molar-refractivity contribution in [3.8, 4) is 17.2 Å². The topological polar surface area (TPSA) is 132 Å². The number of rotatable bonds is 8. The van der Waals surface area contributed by atoms with Crippen molar-refractivity contribution in [3.05, 3.63) is 28.3 Å². The van der Waals surface area contributed by atoms with Crippen LogP contribution in [-0.4, -0.2) is 44.9 Å². The van der Waals surface area contributed by atoms with E-state index >= 15 is 0 Å². The highest BCUT2D eigenvalue weighted by atomic mass is 16.3. The van der Waals surface area contributed by atoms with Gasteiger partial charge in [0.1, 0.15) is 23.0 Å². The largest absolute Gasteiger partial charge is 0.507 e. The average Bonchev–Trinajstić information content (AvgIpc) is 3.00. The summed E-state index contributed by atoms with van der Waals surface area (Å²) in [6.45, 7) is 11.6. The lowest BCUT2D eigenvalue weighted by Gasteiger charge is -2.50. The summed E-state index contributed by atoms with van der Waals surface area (Å²) in [6, 6.07) is 0. The minimum absolute atomic E-state index is 0.0112. The summed E-state index contributed by atoms with van der Waals surface area (Å²) in [6.07, 6.45) is 3.63. The van der Waals surface area contributed by atoms with Crippen molar-refractivity contribution in [2.45, 2.75) is 79.2 Å². The fourth-order valence-corrected chi connectivity index (χ4v) is 6.94. The van der Waals surface area contributed by atoms with E-state index in [4.69, 9.17) is 0 Å². The second-order valence-corrected chi connectivity index (χ2v) is 11.3. The normalized spacial score (nSPS) is 29.1. The van der Waals surface area contributed by atoms with E-state index < -0.39 is 51.2 Å². The number of aromatic hydroxyl groups is 3. The molecule has 5 atom stereocenters.